The Balaban J connectivity index is 1.91. The van der Waals surface area contributed by atoms with E-state index >= 15 is 0 Å². The van der Waals surface area contributed by atoms with E-state index in [1.807, 2.05) is 19.0 Å². The van der Waals surface area contributed by atoms with E-state index in [1.165, 1.54) is 20.3 Å². The lowest BCUT2D eigenvalue weighted by Gasteiger charge is -2.17. The third kappa shape index (κ3) is 4.80. The lowest BCUT2D eigenvalue weighted by Crippen LogP contribution is -2.27. The normalized spacial score (nSPS) is 15.1. The Morgan fingerprint density at radius 1 is 1.27 bits per heavy atom. The number of nitrogen functional groups attached to an aromatic ring is 1. The first-order valence-electron chi connectivity index (χ1n) is 11.5. The number of rotatable bonds is 6. The number of pyridine rings is 1. The van der Waals surface area contributed by atoms with E-state index in [0.717, 1.165) is 11.6 Å². The van der Waals surface area contributed by atoms with Crippen LogP contribution in [0, 0.1) is 23.5 Å². The minimum absolute atomic E-state index is 0.157. The molecule has 4 rings (SSSR count). The molecule has 0 spiro atoms. The van der Waals surface area contributed by atoms with Crippen LogP contribution in [-0.2, 0) is 11.3 Å². The number of carbonyl (C=O) groups excluding carboxylic acids is 1. The highest BCUT2D eigenvalue weighted by atomic mass is 19.1. The third-order valence-electron chi connectivity index (χ3n) is 6.19. The summed E-state index contributed by atoms with van der Waals surface area (Å²) >= 11 is 0. The van der Waals surface area contributed by atoms with Crippen LogP contribution in [0.5, 0.6) is 11.5 Å². The molecule has 11 heteroatoms. The van der Waals surface area contributed by atoms with Crippen molar-refractivity contribution in [3.63, 3.8) is 0 Å². The van der Waals surface area contributed by atoms with Crippen molar-refractivity contribution in [2.24, 2.45) is 0 Å². The molecule has 3 heterocycles. The zero-order chi connectivity index (χ0) is 26.9. The zero-order valence-electron chi connectivity index (χ0n) is 21.1. The van der Waals surface area contributed by atoms with Crippen molar-refractivity contribution in [1.29, 1.82) is 0 Å². The predicted molar refractivity (Wildman–Crippen MR) is 135 cm³/mol. The van der Waals surface area contributed by atoms with E-state index in [1.54, 1.807) is 15.8 Å². The number of nitrogens with zero attached hydrogens (tertiary/aromatic N) is 5. The highest BCUT2D eigenvalue weighted by molar-refractivity contribution is 5.95. The Morgan fingerprint density at radius 3 is 2.54 bits per heavy atom. The Labute approximate surface area is 213 Å². The van der Waals surface area contributed by atoms with Gasteiger partial charge in [0, 0.05) is 37.5 Å². The zero-order valence-corrected chi connectivity index (χ0v) is 21.1. The van der Waals surface area contributed by atoms with E-state index in [9.17, 15) is 13.6 Å². The fourth-order valence-electron chi connectivity index (χ4n) is 4.45. The SMILES string of the molecule is C=CC(=O)N1CC[C@H](n2nc(C#Cc3c(F)c(OC)cc(OC)c3F)c3c(N)ncc(CN(C)C)c32)C1. The number of halogens is 2. The van der Waals surface area contributed by atoms with Gasteiger partial charge >= 0.3 is 0 Å². The maximum Gasteiger partial charge on any atom is 0.246 e. The van der Waals surface area contributed by atoms with Gasteiger partial charge in [-0.15, -0.1) is 0 Å². The fourth-order valence-corrected chi connectivity index (χ4v) is 4.45. The Hall–Kier alpha value is -4.17. The molecule has 3 aromatic rings. The number of ether oxygens (including phenoxy) is 2. The molecule has 1 aromatic carbocycles. The summed E-state index contributed by atoms with van der Waals surface area (Å²) in [7, 11) is 6.38. The number of amides is 1. The Morgan fingerprint density at radius 2 is 1.95 bits per heavy atom. The molecule has 1 fully saturated rings. The lowest BCUT2D eigenvalue weighted by atomic mass is 10.1. The van der Waals surface area contributed by atoms with Crippen LogP contribution in [0.25, 0.3) is 10.9 Å². The molecule has 1 aliphatic heterocycles. The second kappa shape index (κ2) is 10.4. The highest BCUT2D eigenvalue weighted by Gasteiger charge is 2.30. The van der Waals surface area contributed by atoms with Crippen molar-refractivity contribution in [1.82, 2.24) is 24.6 Å². The summed E-state index contributed by atoms with van der Waals surface area (Å²) < 4.78 is 41.6. The van der Waals surface area contributed by atoms with E-state index in [0.29, 0.717) is 37.0 Å². The van der Waals surface area contributed by atoms with E-state index in [-0.39, 0.29) is 35.0 Å². The van der Waals surface area contributed by atoms with Gasteiger partial charge in [-0.1, -0.05) is 12.5 Å². The van der Waals surface area contributed by atoms with Crippen molar-refractivity contribution in [2.45, 2.75) is 19.0 Å². The van der Waals surface area contributed by atoms with Crippen molar-refractivity contribution in [3.05, 3.63) is 53.4 Å². The van der Waals surface area contributed by atoms with Crippen LogP contribution < -0.4 is 15.2 Å². The standard InChI is InChI=1S/C26H28F2N6O3/c1-6-21(35)33-10-9-16(14-33)34-25-15(13-32(2)3)12-30-26(29)22(25)18(31-34)8-7-17-23(27)19(36-4)11-20(37-5)24(17)28/h6,11-12,16H,1,9-10,13-14H2,2-5H3,(H2,29,30)/t16-/m0/s1. The molecule has 1 amide bonds. The topological polar surface area (TPSA) is 98.7 Å². The summed E-state index contributed by atoms with van der Waals surface area (Å²) in [4.78, 5) is 20.2. The molecule has 0 bridgehead atoms. The molecule has 2 N–H and O–H groups in total. The van der Waals surface area contributed by atoms with Gasteiger partial charge in [0.2, 0.25) is 5.91 Å². The molecule has 194 valence electrons. The van der Waals surface area contributed by atoms with Crippen LogP contribution >= 0.6 is 0 Å². The minimum Gasteiger partial charge on any atom is -0.493 e. The molecule has 37 heavy (non-hydrogen) atoms. The van der Waals surface area contributed by atoms with E-state index < -0.39 is 17.2 Å². The molecule has 9 nitrogen and oxygen atoms in total. The molecule has 2 aromatic heterocycles. The fraction of sp³-hybridized carbons (Fsp3) is 0.346. The van der Waals surface area contributed by atoms with Crippen molar-refractivity contribution < 1.29 is 23.0 Å². The maximum absolute atomic E-state index is 14.9. The second-order valence-corrected chi connectivity index (χ2v) is 8.89. The van der Waals surface area contributed by atoms with Gasteiger partial charge in [0.05, 0.1) is 31.2 Å². The lowest BCUT2D eigenvalue weighted by molar-refractivity contribution is -0.125. The first-order valence-corrected chi connectivity index (χ1v) is 11.5. The van der Waals surface area contributed by atoms with Crippen LogP contribution in [0.15, 0.2) is 24.9 Å². The van der Waals surface area contributed by atoms with Gasteiger partial charge in [-0.2, -0.15) is 5.10 Å². The number of aromatic nitrogens is 3. The largest absolute Gasteiger partial charge is 0.493 e. The Kier molecular flexibility index (Phi) is 7.31. The molecule has 0 saturated carbocycles. The Bertz CT molecular complexity index is 1410. The number of methoxy groups -OCH3 is 2. The molecule has 0 unspecified atom stereocenters. The third-order valence-corrected chi connectivity index (χ3v) is 6.19. The summed E-state index contributed by atoms with van der Waals surface area (Å²) in [5.74, 6) is 3.07. The summed E-state index contributed by atoms with van der Waals surface area (Å²) in [5, 5.41) is 5.20. The summed E-state index contributed by atoms with van der Waals surface area (Å²) in [6.45, 7) is 5.08. The maximum atomic E-state index is 14.9. The molecular formula is C26H28F2N6O3. The predicted octanol–water partition coefficient (Wildman–Crippen LogP) is 2.73. The van der Waals surface area contributed by atoms with Crippen molar-refractivity contribution in [2.75, 3.05) is 47.1 Å². The van der Waals surface area contributed by atoms with Gasteiger partial charge in [-0.05, 0) is 32.5 Å². The number of anilines is 1. The van der Waals surface area contributed by atoms with Gasteiger partial charge in [-0.25, -0.2) is 13.8 Å². The first kappa shape index (κ1) is 25.9. The quantitative estimate of drug-likeness (QED) is 0.402. The number of hydrogen-bond acceptors (Lipinski definition) is 7. The summed E-state index contributed by atoms with van der Waals surface area (Å²) in [6.07, 6.45) is 3.62. The number of fused-ring (bicyclic) bond motifs is 1. The minimum atomic E-state index is -0.953. The van der Waals surface area contributed by atoms with Gasteiger partial charge < -0.3 is 25.0 Å². The van der Waals surface area contributed by atoms with Gasteiger partial charge in [0.25, 0.3) is 0 Å². The smallest absolute Gasteiger partial charge is 0.246 e. The molecular weight excluding hydrogens is 482 g/mol. The van der Waals surface area contributed by atoms with Crippen LogP contribution in [0.4, 0.5) is 14.6 Å². The number of benzene rings is 1. The molecule has 1 atom stereocenters. The molecule has 0 radical (unpaired) electrons. The number of likely N-dealkylation sites (tertiary alicyclic amines) is 1. The second-order valence-electron chi connectivity index (χ2n) is 8.89. The van der Waals surface area contributed by atoms with Crippen molar-refractivity contribution in [3.8, 4) is 23.3 Å². The molecule has 1 aliphatic rings. The summed E-state index contributed by atoms with van der Waals surface area (Å²) in [6, 6.07) is 0.959. The van der Waals surface area contributed by atoms with Crippen LogP contribution in [0.3, 0.4) is 0 Å². The van der Waals surface area contributed by atoms with Crippen molar-refractivity contribution >= 4 is 22.6 Å². The van der Waals surface area contributed by atoms with Gasteiger partial charge in [0.15, 0.2) is 23.1 Å². The monoisotopic (exact) mass is 510 g/mol. The molecule has 0 aliphatic carbocycles. The van der Waals surface area contributed by atoms with Crippen LogP contribution in [-0.4, -0.2) is 71.9 Å². The van der Waals surface area contributed by atoms with Gasteiger partial charge in [0.1, 0.15) is 17.1 Å². The average Bonchev–Trinajstić information content (AvgIpc) is 3.51. The number of nitrogens with two attached hydrogens (primary N) is 1. The first-order chi connectivity index (χ1) is 17.7. The summed E-state index contributed by atoms with van der Waals surface area (Å²) in [5.41, 5.74) is 7.54. The van der Waals surface area contributed by atoms with Gasteiger partial charge in [-0.3, -0.25) is 9.48 Å². The average molecular weight is 511 g/mol. The van der Waals surface area contributed by atoms with Crippen LogP contribution in [0.1, 0.15) is 29.3 Å². The highest BCUT2D eigenvalue weighted by Crippen LogP contribution is 2.33. The van der Waals surface area contributed by atoms with E-state index in [4.69, 9.17) is 20.3 Å². The molecule has 1 saturated heterocycles. The number of carbonyl (C=O) groups is 1. The van der Waals surface area contributed by atoms with E-state index in [2.05, 4.69) is 23.4 Å². The van der Waals surface area contributed by atoms with Crippen LogP contribution in [0.2, 0.25) is 0 Å². The number of hydrogen-bond donors (Lipinski definition) is 1.